The third-order valence-electron chi connectivity index (χ3n) is 2.09. The molecule has 0 aromatic rings. The molecule has 0 aliphatic rings. The fraction of sp³-hybridized carbons (Fsp3) is 0.636. The molecular formula is C11H19FN4O4S2. The first-order valence-corrected chi connectivity index (χ1v) is 8.59. The molecular weight excluding hydrogens is 335 g/mol. The molecule has 0 spiro atoms. The maximum atomic E-state index is 11.6. The van der Waals surface area contributed by atoms with Gasteiger partial charge in [-0.25, -0.2) is 0 Å². The first-order chi connectivity index (χ1) is 10.5. The number of carbonyl (C=O) groups excluding carboxylic acids is 4. The van der Waals surface area contributed by atoms with Crippen LogP contribution in [0.4, 0.5) is 4.48 Å². The molecule has 0 bridgehead atoms. The average Bonchev–Trinajstić information content (AvgIpc) is 2.51. The molecule has 0 aromatic heterocycles. The highest BCUT2D eigenvalue weighted by atomic mass is 32.2. The van der Waals surface area contributed by atoms with Crippen LogP contribution in [0.3, 0.4) is 0 Å². The van der Waals surface area contributed by atoms with Gasteiger partial charge in [0.25, 0.3) is 5.91 Å². The lowest BCUT2D eigenvalue weighted by atomic mass is 10.5. The van der Waals surface area contributed by atoms with E-state index < -0.39 is 5.91 Å². The SMILES string of the molecule is CNC(=O)CSCC(=O)NCCNC(=O)CSCC(=O)NF. The van der Waals surface area contributed by atoms with Crippen LogP contribution in [0.2, 0.25) is 0 Å². The lowest BCUT2D eigenvalue weighted by Crippen LogP contribution is -2.36. The van der Waals surface area contributed by atoms with E-state index in [2.05, 4.69) is 16.0 Å². The monoisotopic (exact) mass is 354 g/mol. The third-order valence-corrected chi connectivity index (χ3v) is 3.95. The van der Waals surface area contributed by atoms with Crippen molar-refractivity contribution in [1.82, 2.24) is 21.5 Å². The molecule has 0 unspecified atom stereocenters. The van der Waals surface area contributed by atoms with Gasteiger partial charge in [0, 0.05) is 20.1 Å². The molecule has 0 rings (SSSR count). The van der Waals surface area contributed by atoms with Crippen LogP contribution in [0.15, 0.2) is 0 Å². The molecule has 4 amide bonds. The molecule has 0 fully saturated rings. The molecule has 0 radical (unpaired) electrons. The Morgan fingerprint density at radius 2 is 1.18 bits per heavy atom. The second-order valence-electron chi connectivity index (χ2n) is 3.88. The van der Waals surface area contributed by atoms with Gasteiger partial charge in [0.05, 0.1) is 23.0 Å². The highest BCUT2D eigenvalue weighted by Gasteiger charge is 2.06. The quantitative estimate of drug-likeness (QED) is 0.263. The molecule has 0 atom stereocenters. The lowest BCUT2D eigenvalue weighted by Gasteiger charge is -2.07. The Kier molecular flexibility index (Phi) is 12.3. The van der Waals surface area contributed by atoms with Crippen LogP contribution in [0.1, 0.15) is 0 Å². The van der Waals surface area contributed by atoms with E-state index in [4.69, 9.17) is 0 Å². The van der Waals surface area contributed by atoms with Gasteiger partial charge in [-0.05, 0) is 0 Å². The number of halogens is 1. The van der Waals surface area contributed by atoms with Gasteiger partial charge in [0.2, 0.25) is 17.7 Å². The highest BCUT2D eigenvalue weighted by molar-refractivity contribution is 8.00. The zero-order valence-electron chi connectivity index (χ0n) is 12.1. The molecule has 4 N–H and O–H groups in total. The van der Waals surface area contributed by atoms with Crippen molar-refractivity contribution in [2.45, 2.75) is 0 Å². The van der Waals surface area contributed by atoms with Crippen molar-refractivity contribution in [1.29, 1.82) is 0 Å². The Hall–Kier alpha value is -1.49. The van der Waals surface area contributed by atoms with E-state index >= 15 is 0 Å². The Labute approximate surface area is 136 Å². The fourth-order valence-corrected chi connectivity index (χ4v) is 2.43. The molecule has 8 nitrogen and oxygen atoms in total. The number of hydrogen-bond donors (Lipinski definition) is 4. The topological polar surface area (TPSA) is 116 Å². The standard InChI is InChI=1S/C11H19FN4O4S2/c1-13-8(17)4-21-5-9(18)14-2-3-15-10(19)6-22-7-11(20)16-12/h2-7H2,1H3,(H,13,17)(H,14,18)(H,15,19)(H,16,20). The Bertz CT molecular complexity index is 362. The molecule has 0 aliphatic carbocycles. The number of amides is 4. The van der Waals surface area contributed by atoms with E-state index in [0.29, 0.717) is 0 Å². The van der Waals surface area contributed by atoms with Crippen LogP contribution in [-0.4, -0.2) is 66.8 Å². The number of hydrogen-bond acceptors (Lipinski definition) is 6. The normalized spacial score (nSPS) is 9.73. The van der Waals surface area contributed by atoms with Gasteiger partial charge in [0.1, 0.15) is 0 Å². The van der Waals surface area contributed by atoms with Crippen LogP contribution in [-0.2, 0) is 19.2 Å². The zero-order chi connectivity index (χ0) is 16.8. The molecule has 11 heteroatoms. The summed E-state index contributed by atoms with van der Waals surface area (Å²) >= 11 is 2.17. The highest BCUT2D eigenvalue weighted by Crippen LogP contribution is 1.98. The minimum atomic E-state index is -0.792. The van der Waals surface area contributed by atoms with Crippen molar-refractivity contribution in [3.63, 3.8) is 0 Å². The van der Waals surface area contributed by atoms with Gasteiger partial charge in [0.15, 0.2) is 0 Å². The first kappa shape index (κ1) is 20.5. The molecule has 0 saturated carbocycles. The predicted molar refractivity (Wildman–Crippen MR) is 84.0 cm³/mol. The van der Waals surface area contributed by atoms with Gasteiger partial charge in [-0.1, -0.05) is 0 Å². The summed E-state index contributed by atoms with van der Waals surface area (Å²) in [6.45, 7) is 0.515. The predicted octanol–water partition coefficient (Wildman–Crippen LogP) is -1.57. The number of rotatable bonds is 11. The van der Waals surface area contributed by atoms with Gasteiger partial charge in [-0.2, -0.15) is 5.54 Å². The minimum absolute atomic E-state index is 0.0311. The van der Waals surface area contributed by atoms with Crippen molar-refractivity contribution in [2.24, 2.45) is 0 Å². The van der Waals surface area contributed by atoms with Crippen molar-refractivity contribution in [3.05, 3.63) is 0 Å². The van der Waals surface area contributed by atoms with E-state index in [9.17, 15) is 23.7 Å². The lowest BCUT2D eigenvalue weighted by molar-refractivity contribution is -0.122. The molecule has 0 saturated heterocycles. The van der Waals surface area contributed by atoms with Gasteiger partial charge in [-0.3, -0.25) is 19.2 Å². The number of carbonyl (C=O) groups is 4. The first-order valence-electron chi connectivity index (χ1n) is 6.28. The van der Waals surface area contributed by atoms with E-state index in [1.54, 1.807) is 0 Å². The zero-order valence-corrected chi connectivity index (χ0v) is 13.7. The summed E-state index contributed by atoms with van der Waals surface area (Å²) in [5.41, 5.74) is 0.965. The summed E-state index contributed by atoms with van der Waals surface area (Å²) < 4.78 is 11.6. The largest absolute Gasteiger partial charge is 0.358 e. The van der Waals surface area contributed by atoms with E-state index in [0.717, 1.165) is 17.3 Å². The summed E-state index contributed by atoms with van der Waals surface area (Å²) in [6, 6.07) is 0. The van der Waals surface area contributed by atoms with Gasteiger partial charge in [-0.15, -0.1) is 28.0 Å². The van der Waals surface area contributed by atoms with E-state index in [1.807, 2.05) is 0 Å². The Morgan fingerprint density at radius 3 is 1.59 bits per heavy atom. The average molecular weight is 354 g/mol. The maximum absolute atomic E-state index is 11.6. The maximum Gasteiger partial charge on any atom is 0.257 e. The van der Waals surface area contributed by atoms with Crippen LogP contribution >= 0.6 is 23.5 Å². The summed E-state index contributed by atoms with van der Waals surface area (Å²) in [5, 5.41) is 7.57. The van der Waals surface area contributed by atoms with Gasteiger partial charge >= 0.3 is 0 Å². The Morgan fingerprint density at radius 1 is 0.773 bits per heavy atom. The van der Waals surface area contributed by atoms with Crippen LogP contribution in [0, 0.1) is 0 Å². The van der Waals surface area contributed by atoms with E-state index in [-0.39, 0.29) is 53.8 Å². The van der Waals surface area contributed by atoms with Crippen molar-refractivity contribution >= 4 is 47.2 Å². The third kappa shape index (κ3) is 12.3. The van der Waals surface area contributed by atoms with Crippen molar-refractivity contribution < 1.29 is 23.7 Å². The summed E-state index contributed by atoms with van der Waals surface area (Å²) in [5.74, 6) is -1.20. The van der Waals surface area contributed by atoms with Gasteiger partial charge < -0.3 is 16.0 Å². The smallest absolute Gasteiger partial charge is 0.257 e. The fourth-order valence-electron chi connectivity index (χ4n) is 1.08. The van der Waals surface area contributed by atoms with Crippen molar-refractivity contribution in [3.8, 4) is 0 Å². The second-order valence-corrected chi connectivity index (χ2v) is 5.85. The Balaban J connectivity index is 3.50. The second kappa shape index (κ2) is 13.2. The molecule has 0 aliphatic heterocycles. The van der Waals surface area contributed by atoms with Crippen LogP contribution < -0.4 is 21.5 Å². The molecule has 22 heavy (non-hydrogen) atoms. The summed E-state index contributed by atoms with van der Waals surface area (Å²) in [6.07, 6.45) is 0. The summed E-state index contributed by atoms with van der Waals surface area (Å²) in [7, 11) is 1.52. The van der Waals surface area contributed by atoms with Crippen LogP contribution in [0.25, 0.3) is 0 Å². The molecule has 126 valence electrons. The summed E-state index contributed by atoms with van der Waals surface area (Å²) in [4.78, 5) is 44.2. The van der Waals surface area contributed by atoms with Crippen molar-refractivity contribution in [2.75, 3.05) is 43.1 Å². The van der Waals surface area contributed by atoms with Crippen LogP contribution in [0.5, 0.6) is 0 Å². The molecule has 0 heterocycles. The van der Waals surface area contributed by atoms with E-state index in [1.165, 1.54) is 18.8 Å². The number of nitrogens with one attached hydrogen (secondary N) is 4. The minimum Gasteiger partial charge on any atom is -0.358 e. The molecule has 0 aromatic carbocycles. The number of thioether (sulfide) groups is 2.